The van der Waals surface area contributed by atoms with Crippen LogP contribution in [0.15, 0.2) is 48.5 Å². The first kappa shape index (κ1) is 18.6. The van der Waals surface area contributed by atoms with Crippen molar-refractivity contribution >= 4 is 5.91 Å². The van der Waals surface area contributed by atoms with E-state index in [0.717, 1.165) is 42.4 Å². The molecule has 0 saturated heterocycles. The molecular weight excluding hydrogens is 326 g/mol. The van der Waals surface area contributed by atoms with E-state index in [1.807, 2.05) is 48.5 Å². The number of rotatable bonds is 6. The number of nitrogens with one attached hydrogen (secondary N) is 1. The van der Waals surface area contributed by atoms with Crippen LogP contribution in [0.2, 0.25) is 0 Å². The average Bonchev–Trinajstić information content (AvgIpc) is 3.08. The molecule has 1 amide bonds. The van der Waals surface area contributed by atoms with Crippen LogP contribution in [0.5, 0.6) is 0 Å². The van der Waals surface area contributed by atoms with Gasteiger partial charge in [-0.25, -0.2) is 0 Å². The number of hydrogen-bond donors (Lipinski definition) is 3. The summed E-state index contributed by atoms with van der Waals surface area (Å²) in [7, 11) is 0. The van der Waals surface area contributed by atoms with E-state index in [1.54, 1.807) is 6.92 Å². The highest BCUT2D eigenvalue weighted by atomic mass is 16.3. The monoisotopic (exact) mass is 353 g/mol. The molecule has 26 heavy (non-hydrogen) atoms. The van der Waals surface area contributed by atoms with E-state index in [9.17, 15) is 15.0 Å². The van der Waals surface area contributed by atoms with Gasteiger partial charge in [-0.3, -0.25) is 4.79 Å². The molecule has 1 fully saturated rings. The van der Waals surface area contributed by atoms with Gasteiger partial charge in [-0.05, 0) is 61.1 Å². The first-order chi connectivity index (χ1) is 12.5. The zero-order chi connectivity index (χ0) is 18.6. The smallest absolute Gasteiger partial charge is 0.251 e. The van der Waals surface area contributed by atoms with Crippen molar-refractivity contribution in [2.45, 2.75) is 50.7 Å². The van der Waals surface area contributed by atoms with Crippen molar-refractivity contribution in [2.24, 2.45) is 0 Å². The number of carbonyl (C=O) groups is 1. The van der Waals surface area contributed by atoms with Crippen molar-refractivity contribution in [1.29, 1.82) is 0 Å². The summed E-state index contributed by atoms with van der Waals surface area (Å²) in [5.41, 5.74) is 2.91. The highest BCUT2D eigenvalue weighted by Gasteiger charge is 2.30. The molecule has 0 radical (unpaired) electrons. The Labute approximate surface area is 154 Å². The summed E-state index contributed by atoms with van der Waals surface area (Å²) in [6.07, 6.45) is 3.93. The molecule has 2 aromatic carbocycles. The minimum atomic E-state index is -0.591. The van der Waals surface area contributed by atoms with Crippen molar-refractivity contribution in [3.05, 3.63) is 59.7 Å². The normalized spacial score (nSPS) is 17.0. The van der Waals surface area contributed by atoms with E-state index in [1.165, 1.54) is 0 Å². The molecule has 0 aliphatic heterocycles. The van der Waals surface area contributed by atoms with Gasteiger partial charge in [-0.1, -0.05) is 43.2 Å². The minimum Gasteiger partial charge on any atom is -0.390 e. The number of aliphatic hydroxyl groups is 2. The van der Waals surface area contributed by atoms with E-state index in [0.29, 0.717) is 18.5 Å². The standard InChI is InChI=1S/C22H27NO3/c1-16(24)19-5-4-6-20(15-19)17-7-9-18(10-8-17)21(25)23-14-13-22(26)11-2-3-12-22/h4-10,15-16,24,26H,2-3,11-14H2,1H3,(H,23,25). The number of amides is 1. The lowest BCUT2D eigenvalue weighted by molar-refractivity contribution is 0.0389. The fourth-order valence-electron chi connectivity index (χ4n) is 3.59. The molecule has 0 bridgehead atoms. The van der Waals surface area contributed by atoms with Crippen molar-refractivity contribution < 1.29 is 15.0 Å². The Morgan fingerprint density at radius 1 is 1.12 bits per heavy atom. The first-order valence-electron chi connectivity index (χ1n) is 9.36. The van der Waals surface area contributed by atoms with E-state index in [2.05, 4.69) is 5.32 Å². The van der Waals surface area contributed by atoms with Crippen LogP contribution in [0.4, 0.5) is 0 Å². The van der Waals surface area contributed by atoms with Gasteiger partial charge in [0.25, 0.3) is 5.91 Å². The maximum absolute atomic E-state index is 12.3. The molecule has 3 N–H and O–H groups in total. The summed E-state index contributed by atoms with van der Waals surface area (Å²) in [5.74, 6) is -0.115. The van der Waals surface area contributed by atoms with Crippen LogP contribution in [0.1, 0.15) is 61.1 Å². The molecule has 4 heteroatoms. The first-order valence-corrected chi connectivity index (χ1v) is 9.36. The molecule has 1 aliphatic rings. The lowest BCUT2D eigenvalue weighted by atomic mass is 9.98. The molecule has 4 nitrogen and oxygen atoms in total. The molecule has 0 aromatic heterocycles. The van der Waals surface area contributed by atoms with Crippen molar-refractivity contribution in [1.82, 2.24) is 5.32 Å². The predicted molar refractivity (Wildman–Crippen MR) is 103 cm³/mol. The second-order valence-electron chi connectivity index (χ2n) is 7.32. The van der Waals surface area contributed by atoms with Gasteiger partial charge in [0.2, 0.25) is 0 Å². The van der Waals surface area contributed by atoms with Gasteiger partial charge in [0, 0.05) is 12.1 Å². The second-order valence-corrected chi connectivity index (χ2v) is 7.32. The highest BCUT2D eigenvalue weighted by molar-refractivity contribution is 5.94. The third kappa shape index (κ3) is 4.51. The van der Waals surface area contributed by atoms with Crippen LogP contribution in [-0.2, 0) is 0 Å². The van der Waals surface area contributed by atoms with Crippen molar-refractivity contribution in [3.63, 3.8) is 0 Å². The summed E-state index contributed by atoms with van der Waals surface area (Å²) in [6, 6.07) is 15.2. The Morgan fingerprint density at radius 3 is 2.46 bits per heavy atom. The number of benzene rings is 2. The highest BCUT2D eigenvalue weighted by Crippen LogP contribution is 2.31. The Bertz CT molecular complexity index is 746. The topological polar surface area (TPSA) is 69.6 Å². The van der Waals surface area contributed by atoms with Crippen molar-refractivity contribution in [2.75, 3.05) is 6.54 Å². The van der Waals surface area contributed by atoms with Crippen LogP contribution < -0.4 is 5.32 Å². The maximum Gasteiger partial charge on any atom is 0.251 e. The third-order valence-corrected chi connectivity index (χ3v) is 5.26. The largest absolute Gasteiger partial charge is 0.390 e. The molecule has 0 spiro atoms. The van der Waals surface area contributed by atoms with Gasteiger partial charge in [0.1, 0.15) is 0 Å². The van der Waals surface area contributed by atoms with E-state index < -0.39 is 11.7 Å². The molecule has 0 heterocycles. The molecular formula is C22H27NO3. The fourth-order valence-corrected chi connectivity index (χ4v) is 3.59. The predicted octanol–water partition coefficient (Wildman–Crippen LogP) is 3.83. The summed E-state index contributed by atoms with van der Waals surface area (Å²) >= 11 is 0. The van der Waals surface area contributed by atoms with E-state index in [-0.39, 0.29) is 5.91 Å². The number of hydrogen-bond acceptors (Lipinski definition) is 3. The van der Waals surface area contributed by atoms with Crippen LogP contribution in [0.3, 0.4) is 0 Å². The van der Waals surface area contributed by atoms with E-state index in [4.69, 9.17) is 0 Å². The second kappa shape index (κ2) is 8.02. The molecule has 1 atom stereocenters. The average molecular weight is 353 g/mol. The van der Waals surface area contributed by atoms with Gasteiger partial charge in [-0.15, -0.1) is 0 Å². The molecule has 1 aliphatic carbocycles. The molecule has 2 aromatic rings. The van der Waals surface area contributed by atoms with Gasteiger partial charge in [0.05, 0.1) is 11.7 Å². The van der Waals surface area contributed by atoms with Crippen molar-refractivity contribution in [3.8, 4) is 11.1 Å². The summed E-state index contributed by atoms with van der Waals surface area (Å²) in [4.78, 5) is 12.3. The fraction of sp³-hybridized carbons (Fsp3) is 0.409. The summed E-state index contributed by atoms with van der Waals surface area (Å²) < 4.78 is 0. The van der Waals surface area contributed by atoms with Crippen LogP contribution >= 0.6 is 0 Å². The Balaban J connectivity index is 1.60. The van der Waals surface area contributed by atoms with Crippen LogP contribution in [0.25, 0.3) is 11.1 Å². The maximum atomic E-state index is 12.3. The Hall–Kier alpha value is -2.17. The quantitative estimate of drug-likeness (QED) is 0.739. The lowest BCUT2D eigenvalue weighted by Gasteiger charge is -2.21. The zero-order valence-electron chi connectivity index (χ0n) is 15.2. The molecule has 138 valence electrons. The Morgan fingerprint density at radius 2 is 1.81 bits per heavy atom. The summed E-state index contributed by atoms with van der Waals surface area (Å²) in [6.45, 7) is 2.24. The zero-order valence-corrected chi connectivity index (χ0v) is 15.2. The van der Waals surface area contributed by atoms with Crippen LogP contribution in [0, 0.1) is 0 Å². The van der Waals surface area contributed by atoms with Crippen LogP contribution in [-0.4, -0.2) is 28.3 Å². The number of carbonyl (C=O) groups excluding carboxylic acids is 1. The molecule has 1 saturated carbocycles. The summed E-state index contributed by atoms with van der Waals surface area (Å²) in [5, 5.41) is 23.0. The third-order valence-electron chi connectivity index (χ3n) is 5.26. The van der Waals surface area contributed by atoms with Gasteiger partial charge in [-0.2, -0.15) is 0 Å². The SMILES string of the molecule is CC(O)c1cccc(-c2ccc(C(=O)NCCC3(O)CCCC3)cc2)c1. The Kier molecular flexibility index (Phi) is 5.74. The molecule has 3 rings (SSSR count). The molecule has 1 unspecified atom stereocenters. The van der Waals surface area contributed by atoms with Gasteiger partial charge < -0.3 is 15.5 Å². The van der Waals surface area contributed by atoms with Gasteiger partial charge >= 0.3 is 0 Å². The van der Waals surface area contributed by atoms with Gasteiger partial charge in [0.15, 0.2) is 0 Å². The number of aliphatic hydroxyl groups excluding tert-OH is 1. The minimum absolute atomic E-state index is 0.115. The lowest BCUT2D eigenvalue weighted by Crippen LogP contribution is -2.32. The van der Waals surface area contributed by atoms with E-state index >= 15 is 0 Å².